The third-order valence-corrected chi connectivity index (χ3v) is 3.44. The topological polar surface area (TPSA) is 0 Å². The maximum atomic E-state index is 2.26. The van der Waals surface area contributed by atoms with Crippen molar-refractivity contribution in [1.29, 1.82) is 0 Å². The molecule has 0 aliphatic heterocycles. The highest BCUT2D eigenvalue weighted by atomic mass is 14.1. The molecule has 0 aromatic heterocycles. The molecule has 0 heteroatoms. The first-order chi connectivity index (χ1) is 8.75. The van der Waals surface area contributed by atoms with E-state index in [-0.39, 0.29) is 0 Å². The fourth-order valence-corrected chi connectivity index (χ4v) is 2.56. The fraction of sp³-hybridized carbons (Fsp3) is 0.111. The largest absolute Gasteiger partial charge is 0.0616 e. The summed E-state index contributed by atoms with van der Waals surface area (Å²) >= 11 is 0. The van der Waals surface area contributed by atoms with Gasteiger partial charge in [0.2, 0.25) is 0 Å². The molecule has 0 heterocycles. The zero-order valence-corrected chi connectivity index (χ0v) is 10.8. The molecule has 0 N–H and O–H groups in total. The number of benzene rings is 3. The summed E-state index contributed by atoms with van der Waals surface area (Å²) in [7, 11) is 0. The standard InChI is InChI=1S/C18H16/c1-13-6-5-8-16(12-13)18-14(2)10-11-15-7-3-4-9-17(15)18/h3-12H,1-2H3. The van der Waals surface area contributed by atoms with Crippen molar-refractivity contribution in [3.8, 4) is 11.1 Å². The second kappa shape index (κ2) is 4.30. The van der Waals surface area contributed by atoms with E-state index < -0.39 is 0 Å². The maximum Gasteiger partial charge on any atom is -0.00760 e. The minimum absolute atomic E-state index is 1.31. The number of aryl methyl sites for hydroxylation is 2. The van der Waals surface area contributed by atoms with E-state index in [1.165, 1.54) is 33.0 Å². The molecule has 0 spiro atoms. The van der Waals surface area contributed by atoms with E-state index >= 15 is 0 Å². The minimum Gasteiger partial charge on any atom is -0.0616 e. The maximum absolute atomic E-state index is 2.26. The first-order valence-corrected chi connectivity index (χ1v) is 6.31. The smallest absolute Gasteiger partial charge is 0.00760 e. The fourth-order valence-electron chi connectivity index (χ4n) is 2.56. The second-order valence-electron chi connectivity index (χ2n) is 4.85. The van der Waals surface area contributed by atoms with Crippen molar-refractivity contribution in [2.45, 2.75) is 13.8 Å². The van der Waals surface area contributed by atoms with Crippen molar-refractivity contribution < 1.29 is 0 Å². The van der Waals surface area contributed by atoms with Crippen LogP contribution in [0, 0.1) is 13.8 Å². The third kappa shape index (κ3) is 1.80. The van der Waals surface area contributed by atoms with Crippen LogP contribution < -0.4 is 0 Å². The third-order valence-electron chi connectivity index (χ3n) is 3.44. The van der Waals surface area contributed by atoms with Crippen LogP contribution in [0.4, 0.5) is 0 Å². The molecule has 0 aliphatic carbocycles. The van der Waals surface area contributed by atoms with Gasteiger partial charge in [-0.05, 0) is 41.3 Å². The molecule has 0 saturated heterocycles. The molecule has 0 unspecified atom stereocenters. The Morgan fingerprint density at radius 2 is 1.56 bits per heavy atom. The minimum atomic E-state index is 1.31. The molecule has 0 amide bonds. The summed E-state index contributed by atoms with van der Waals surface area (Å²) in [4.78, 5) is 0. The molecule has 0 fully saturated rings. The van der Waals surface area contributed by atoms with Crippen molar-refractivity contribution in [3.63, 3.8) is 0 Å². The van der Waals surface area contributed by atoms with Gasteiger partial charge in [-0.2, -0.15) is 0 Å². The van der Waals surface area contributed by atoms with E-state index in [0.717, 1.165) is 0 Å². The Bertz CT molecular complexity index is 708. The molecular weight excluding hydrogens is 216 g/mol. The van der Waals surface area contributed by atoms with Crippen molar-refractivity contribution in [3.05, 3.63) is 71.8 Å². The molecule has 88 valence electrons. The van der Waals surface area contributed by atoms with Gasteiger partial charge < -0.3 is 0 Å². The number of hydrogen-bond acceptors (Lipinski definition) is 0. The highest BCUT2D eigenvalue weighted by molar-refractivity contribution is 5.98. The van der Waals surface area contributed by atoms with Gasteiger partial charge in [0.25, 0.3) is 0 Å². The van der Waals surface area contributed by atoms with Crippen molar-refractivity contribution in [2.75, 3.05) is 0 Å². The first kappa shape index (κ1) is 11.0. The second-order valence-corrected chi connectivity index (χ2v) is 4.85. The normalized spacial score (nSPS) is 10.8. The van der Waals surface area contributed by atoms with Gasteiger partial charge in [-0.25, -0.2) is 0 Å². The summed E-state index contributed by atoms with van der Waals surface area (Å²) in [5, 5.41) is 2.64. The van der Waals surface area contributed by atoms with E-state index in [4.69, 9.17) is 0 Å². The van der Waals surface area contributed by atoms with Gasteiger partial charge in [-0.15, -0.1) is 0 Å². The Hall–Kier alpha value is -2.08. The first-order valence-electron chi connectivity index (χ1n) is 6.31. The molecule has 3 aromatic rings. The van der Waals surface area contributed by atoms with Crippen molar-refractivity contribution >= 4 is 10.8 Å². The van der Waals surface area contributed by atoms with Gasteiger partial charge in [0.1, 0.15) is 0 Å². The van der Waals surface area contributed by atoms with Crippen LogP contribution in [-0.2, 0) is 0 Å². The van der Waals surface area contributed by atoms with Gasteiger partial charge in [-0.3, -0.25) is 0 Å². The zero-order chi connectivity index (χ0) is 12.5. The Balaban J connectivity index is 2.37. The van der Waals surface area contributed by atoms with Crippen LogP contribution in [0.25, 0.3) is 21.9 Å². The molecule has 18 heavy (non-hydrogen) atoms. The summed E-state index contributed by atoms with van der Waals surface area (Å²) < 4.78 is 0. The van der Waals surface area contributed by atoms with E-state index in [9.17, 15) is 0 Å². The summed E-state index contributed by atoms with van der Waals surface area (Å²) in [6.45, 7) is 4.33. The van der Waals surface area contributed by atoms with Crippen LogP contribution in [0.2, 0.25) is 0 Å². The molecule has 0 aliphatic rings. The average molecular weight is 232 g/mol. The monoisotopic (exact) mass is 232 g/mol. The van der Waals surface area contributed by atoms with Crippen molar-refractivity contribution in [2.24, 2.45) is 0 Å². The summed E-state index contributed by atoms with van der Waals surface area (Å²) in [5.41, 5.74) is 5.31. The van der Waals surface area contributed by atoms with Crippen LogP contribution in [0.3, 0.4) is 0 Å². The van der Waals surface area contributed by atoms with Crippen molar-refractivity contribution in [1.82, 2.24) is 0 Å². The van der Waals surface area contributed by atoms with Gasteiger partial charge in [0.05, 0.1) is 0 Å². The quantitative estimate of drug-likeness (QED) is 0.546. The molecule has 0 saturated carbocycles. The van der Waals surface area contributed by atoms with Gasteiger partial charge in [-0.1, -0.05) is 66.2 Å². The van der Waals surface area contributed by atoms with Crippen LogP contribution in [0.1, 0.15) is 11.1 Å². The van der Waals surface area contributed by atoms with E-state index in [2.05, 4.69) is 74.5 Å². The molecule has 3 rings (SSSR count). The Morgan fingerprint density at radius 1 is 0.722 bits per heavy atom. The summed E-state index contributed by atoms with van der Waals surface area (Å²) in [5.74, 6) is 0. The molecule has 0 bridgehead atoms. The molecule has 0 atom stereocenters. The lowest BCUT2D eigenvalue weighted by Crippen LogP contribution is -1.86. The van der Waals surface area contributed by atoms with Crippen LogP contribution in [0.5, 0.6) is 0 Å². The van der Waals surface area contributed by atoms with E-state index in [0.29, 0.717) is 0 Å². The highest BCUT2D eigenvalue weighted by Gasteiger charge is 2.06. The Kier molecular flexibility index (Phi) is 2.64. The molecule has 0 nitrogen and oxygen atoms in total. The Labute approximate surface area is 108 Å². The molecule has 3 aromatic carbocycles. The number of rotatable bonds is 1. The predicted molar refractivity (Wildman–Crippen MR) is 78.9 cm³/mol. The summed E-state index contributed by atoms with van der Waals surface area (Å²) in [6.07, 6.45) is 0. The Morgan fingerprint density at radius 3 is 2.39 bits per heavy atom. The predicted octanol–water partition coefficient (Wildman–Crippen LogP) is 5.12. The highest BCUT2D eigenvalue weighted by Crippen LogP contribution is 2.32. The van der Waals surface area contributed by atoms with Gasteiger partial charge in [0, 0.05) is 0 Å². The lowest BCUT2D eigenvalue weighted by Gasteiger charge is -2.11. The molecule has 0 radical (unpaired) electrons. The number of hydrogen-bond donors (Lipinski definition) is 0. The van der Waals surface area contributed by atoms with Gasteiger partial charge >= 0.3 is 0 Å². The van der Waals surface area contributed by atoms with Crippen LogP contribution in [0.15, 0.2) is 60.7 Å². The lowest BCUT2D eigenvalue weighted by atomic mass is 9.93. The van der Waals surface area contributed by atoms with Crippen LogP contribution in [-0.4, -0.2) is 0 Å². The summed E-state index contributed by atoms with van der Waals surface area (Å²) in [6, 6.07) is 21.7. The lowest BCUT2D eigenvalue weighted by molar-refractivity contribution is 1.44. The van der Waals surface area contributed by atoms with E-state index in [1.54, 1.807) is 0 Å². The zero-order valence-electron chi connectivity index (χ0n) is 10.8. The van der Waals surface area contributed by atoms with Gasteiger partial charge in [0.15, 0.2) is 0 Å². The SMILES string of the molecule is Cc1cccc(-c2c(C)ccc3ccccc23)c1. The molecular formula is C18H16. The van der Waals surface area contributed by atoms with Crippen LogP contribution >= 0.6 is 0 Å². The van der Waals surface area contributed by atoms with E-state index in [1.807, 2.05) is 0 Å². The average Bonchev–Trinajstić information content (AvgIpc) is 2.38. The number of fused-ring (bicyclic) bond motifs is 1.